The third-order valence-corrected chi connectivity index (χ3v) is 12.3. The smallest absolute Gasteiger partial charge is 0.315 e. The van der Waals surface area contributed by atoms with Crippen LogP contribution in [0.2, 0.25) is 0 Å². The van der Waals surface area contributed by atoms with E-state index in [0.717, 1.165) is 69.2 Å². The average Bonchev–Trinajstić information content (AvgIpc) is 3.65. The van der Waals surface area contributed by atoms with Gasteiger partial charge in [0, 0.05) is 24.7 Å². The molecule has 5 aliphatic rings. The molecule has 0 amide bonds. The van der Waals surface area contributed by atoms with Gasteiger partial charge < -0.3 is 14.6 Å². The van der Waals surface area contributed by atoms with Gasteiger partial charge in [0.25, 0.3) is 0 Å². The summed E-state index contributed by atoms with van der Waals surface area (Å²) in [6.45, 7) is 12.0. The van der Waals surface area contributed by atoms with Crippen LogP contribution in [-0.4, -0.2) is 53.0 Å². The van der Waals surface area contributed by atoms with Crippen LogP contribution in [0.15, 0.2) is 48.7 Å². The fourth-order valence-electron chi connectivity index (χ4n) is 11.0. The van der Waals surface area contributed by atoms with Gasteiger partial charge >= 0.3 is 5.97 Å². The molecule has 3 saturated carbocycles. The second kappa shape index (κ2) is 10.4. The number of allylic oxidation sites excluding steroid dienone is 2. The molecule has 41 heavy (non-hydrogen) atoms. The molecule has 1 saturated heterocycles. The maximum absolute atomic E-state index is 13.9. The quantitative estimate of drug-likeness (QED) is 0.257. The Labute approximate surface area is 245 Å². The van der Waals surface area contributed by atoms with Crippen LogP contribution in [0.4, 0.5) is 0 Å². The largest absolute Gasteiger partial charge is 0.481 e. The summed E-state index contributed by atoms with van der Waals surface area (Å²) in [4.78, 5) is 34.2. The molecule has 6 rings (SSSR count). The van der Waals surface area contributed by atoms with Crippen molar-refractivity contribution in [3.63, 3.8) is 0 Å². The summed E-state index contributed by atoms with van der Waals surface area (Å²) in [6.07, 6.45) is 13.4. The lowest BCUT2D eigenvalue weighted by molar-refractivity contribution is -0.197. The molecule has 4 fully saturated rings. The van der Waals surface area contributed by atoms with Crippen LogP contribution in [0.3, 0.4) is 0 Å². The van der Waals surface area contributed by atoms with Gasteiger partial charge in [0.2, 0.25) is 0 Å². The van der Waals surface area contributed by atoms with E-state index in [-0.39, 0.29) is 30.0 Å². The number of nitrogens with zero attached hydrogens (tertiary/aromatic N) is 2. The van der Waals surface area contributed by atoms with Gasteiger partial charge in [-0.15, -0.1) is 6.58 Å². The monoisotopic (exact) mass is 560 g/mol. The molecule has 1 aliphatic heterocycles. The Bertz CT molecular complexity index is 1210. The zero-order chi connectivity index (χ0) is 29.2. The van der Waals surface area contributed by atoms with Crippen LogP contribution >= 0.6 is 0 Å². The number of fused-ring (bicyclic) bond motifs is 2. The minimum atomic E-state index is -1.19. The molecule has 4 aliphatic carbocycles. The number of aromatic nitrogens is 1. The van der Waals surface area contributed by atoms with Gasteiger partial charge in [-0.2, -0.15) is 0 Å². The number of rotatable bonds is 11. The molecule has 1 aromatic heterocycles. The standard InChI is InChI=1S/C35H48N2O4/c1-6-7-10-24-15-31(41-30(24)20-37(5)19-26-11-8-9-14-36-26)34-18-27-23(4)12-13-28(27)33(21-38)17-25(34)16-29(22(2)3)35(33,34)32(39)40/h6,8-9,11,14,16,21-25,27-28,30-31H,1,7,10,12-13,15,17-20H2,2-5H3,(H,39,40)/t23-,24?,25?,27-,28-,30?,31?,33?,34?,35?/m1/s1. The summed E-state index contributed by atoms with van der Waals surface area (Å²) >= 11 is 0. The second-order valence-corrected chi connectivity index (χ2v) is 14.4. The van der Waals surface area contributed by atoms with Crippen molar-refractivity contribution in [2.45, 2.75) is 84.5 Å². The normalized spacial score (nSPS) is 42.5. The third-order valence-electron chi connectivity index (χ3n) is 12.3. The average molecular weight is 561 g/mol. The SMILES string of the molecule is C=CCCC1CC(C23C[C@@H]4[C@H](C)CC[C@H]4C4(C=O)CC2C=C(C(C)C)C34C(=O)O)OC1CN(C)Cc1ccccn1. The first-order valence-corrected chi connectivity index (χ1v) is 15.9. The molecule has 1 aromatic rings. The number of hydrogen-bond donors (Lipinski definition) is 1. The summed E-state index contributed by atoms with van der Waals surface area (Å²) in [7, 11) is 2.12. The van der Waals surface area contributed by atoms with Crippen LogP contribution in [0.5, 0.6) is 0 Å². The number of aldehydes is 1. The third kappa shape index (κ3) is 3.85. The van der Waals surface area contributed by atoms with Gasteiger partial charge in [0.15, 0.2) is 0 Å². The Kier molecular flexibility index (Phi) is 7.34. The Morgan fingerprint density at radius 3 is 2.76 bits per heavy atom. The van der Waals surface area contributed by atoms with Gasteiger partial charge in [-0.05, 0) is 93.2 Å². The second-order valence-electron chi connectivity index (χ2n) is 14.4. The van der Waals surface area contributed by atoms with Gasteiger partial charge in [-0.1, -0.05) is 51.0 Å². The maximum Gasteiger partial charge on any atom is 0.315 e. The van der Waals surface area contributed by atoms with Gasteiger partial charge in [-0.25, -0.2) is 0 Å². The van der Waals surface area contributed by atoms with Crippen molar-refractivity contribution in [3.05, 3.63) is 54.4 Å². The van der Waals surface area contributed by atoms with E-state index in [1.165, 1.54) is 0 Å². The molecule has 1 N–H and O–H groups in total. The summed E-state index contributed by atoms with van der Waals surface area (Å²) in [5.41, 5.74) is -0.596. The lowest BCUT2D eigenvalue weighted by atomic mass is 9.41. The predicted molar refractivity (Wildman–Crippen MR) is 159 cm³/mol. The first kappa shape index (κ1) is 28.8. The summed E-state index contributed by atoms with van der Waals surface area (Å²) in [5, 5.41) is 11.4. The highest BCUT2D eigenvalue weighted by atomic mass is 16.5. The Morgan fingerprint density at radius 1 is 1.29 bits per heavy atom. The van der Waals surface area contributed by atoms with E-state index < -0.39 is 22.2 Å². The number of carboxylic acids is 1. The van der Waals surface area contributed by atoms with E-state index in [2.05, 4.69) is 56.4 Å². The Balaban J connectivity index is 1.40. The molecule has 7 unspecified atom stereocenters. The molecule has 0 radical (unpaired) electrons. The Hall–Kier alpha value is -2.31. The van der Waals surface area contributed by atoms with Crippen LogP contribution in [0, 0.1) is 51.8 Å². The van der Waals surface area contributed by atoms with Crippen LogP contribution in [0.25, 0.3) is 0 Å². The van der Waals surface area contributed by atoms with E-state index in [0.29, 0.717) is 24.2 Å². The lowest BCUT2D eigenvalue weighted by Gasteiger charge is -2.60. The predicted octanol–water partition coefficient (Wildman–Crippen LogP) is 6.18. The topological polar surface area (TPSA) is 79.7 Å². The van der Waals surface area contributed by atoms with Crippen molar-refractivity contribution >= 4 is 12.3 Å². The van der Waals surface area contributed by atoms with Crippen molar-refractivity contribution in [1.29, 1.82) is 0 Å². The number of hydrogen-bond acceptors (Lipinski definition) is 5. The number of aliphatic carboxylic acids is 1. The molecular formula is C35H48N2O4. The first-order chi connectivity index (χ1) is 19.7. The highest BCUT2D eigenvalue weighted by molar-refractivity contribution is 5.90. The fourth-order valence-corrected chi connectivity index (χ4v) is 11.0. The zero-order valence-corrected chi connectivity index (χ0v) is 25.3. The van der Waals surface area contributed by atoms with Crippen LogP contribution in [0.1, 0.15) is 71.4 Å². The fraction of sp³-hybridized carbons (Fsp3) is 0.686. The van der Waals surface area contributed by atoms with E-state index in [1.807, 2.05) is 24.4 Å². The van der Waals surface area contributed by atoms with E-state index in [4.69, 9.17) is 4.74 Å². The van der Waals surface area contributed by atoms with Crippen LogP contribution < -0.4 is 0 Å². The molecule has 0 aromatic carbocycles. The summed E-state index contributed by atoms with van der Waals surface area (Å²) in [5.74, 6) is 0.685. The summed E-state index contributed by atoms with van der Waals surface area (Å²) in [6, 6.07) is 6.01. The number of carbonyl (C=O) groups excluding carboxylic acids is 1. The number of carbonyl (C=O) groups is 2. The van der Waals surface area contributed by atoms with Crippen molar-refractivity contribution in [1.82, 2.24) is 9.88 Å². The molecule has 222 valence electrons. The van der Waals surface area contributed by atoms with Gasteiger partial charge in [0.1, 0.15) is 11.7 Å². The van der Waals surface area contributed by atoms with Gasteiger partial charge in [-0.3, -0.25) is 14.7 Å². The Morgan fingerprint density at radius 2 is 2.10 bits per heavy atom. The number of pyridine rings is 1. The number of carboxylic acid groups (broad SMARTS) is 1. The van der Waals surface area contributed by atoms with Crippen molar-refractivity contribution in [3.8, 4) is 0 Å². The molecule has 6 heteroatoms. The van der Waals surface area contributed by atoms with E-state index in [1.54, 1.807) is 0 Å². The van der Waals surface area contributed by atoms with Crippen molar-refractivity contribution in [2.24, 2.45) is 51.8 Å². The summed E-state index contributed by atoms with van der Waals surface area (Å²) < 4.78 is 7.19. The van der Waals surface area contributed by atoms with E-state index in [9.17, 15) is 14.7 Å². The van der Waals surface area contributed by atoms with E-state index >= 15 is 0 Å². The molecular weight excluding hydrogens is 512 g/mol. The lowest BCUT2D eigenvalue weighted by Crippen LogP contribution is -2.65. The number of ether oxygens (including phenoxy) is 1. The molecule has 10 atom stereocenters. The molecule has 2 heterocycles. The van der Waals surface area contributed by atoms with Crippen molar-refractivity contribution in [2.75, 3.05) is 13.6 Å². The molecule has 4 bridgehead atoms. The maximum atomic E-state index is 13.9. The molecule has 0 spiro atoms. The minimum Gasteiger partial charge on any atom is -0.481 e. The first-order valence-electron chi connectivity index (χ1n) is 15.9. The highest BCUT2D eigenvalue weighted by Gasteiger charge is 2.86. The minimum absolute atomic E-state index is 0.000684. The van der Waals surface area contributed by atoms with Gasteiger partial charge in [0.05, 0.1) is 23.3 Å². The van der Waals surface area contributed by atoms with Crippen molar-refractivity contribution < 1.29 is 19.4 Å². The highest BCUT2D eigenvalue weighted by Crippen LogP contribution is 2.84. The van der Waals surface area contributed by atoms with Crippen LogP contribution in [-0.2, 0) is 20.9 Å². The molecule has 6 nitrogen and oxygen atoms in total. The number of likely N-dealkylation sites (N-methyl/N-ethyl adjacent to an activating group) is 1. The zero-order valence-electron chi connectivity index (χ0n) is 25.3.